The highest BCUT2D eigenvalue weighted by atomic mass is 32.2. The number of hydrogen-bond donors (Lipinski definition) is 2. The van der Waals surface area contributed by atoms with Gasteiger partial charge >= 0.3 is 0 Å². The molecule has 1 aromatic carbocycles. The number of aliphatic imine (C=N–C) groups is 1. The quantitative estimate of drug-likeness (QED) is 0.465. The van der Waals surface area contributed by atoms with E-state index in [2.05, 4.69) is 26.0 Å². The number of thiazole rings is 1. The van der Waals surface area contributed by atoms with Crippen molar-refractivity contribution in [2.75, 3.05) is 20.1 Å². The molecule has 0 amide bonds. The van der Waals surface area contributed by atoms with Crippen LogP contribution in [0, 0.1) is 6.92 Å². The number of benzene rings is 1. The van der Waals surface area contributed by atoms with E-state index in [1.54, 1.807) is 30.5 Å². The van der Waals surface area contributed by atoms with Crippen LogP contribution in [0.4, 0.5) is 0 Å². The van der Waals surface area contributed by atoms with Gasteiger partial charge in [-0.25, -0.2) is 18.4 Å². The minimum absolute atomic E-state index is 0.0915. The monoisotopic (exact) mass is 437 g/mol. The first-order chi connectivity index (χ1) is 13.7. The normalized spacial score (nSPS) is 12.6. The maximum Gasteiger partial charge on any atom is 0.243 e. The molecular formula is C20H31N5O2S2. The van der Waals surface area contributed by atoms with Gasteiger partial charge in [-0.2, -0.15) is 4.31 Å². The number of rotatable bonds is 9. The van der Waals surface area contributed by atoms with E-state index in [4.69, 9.17) is 0 Å². The van der Waals surface area contributed by atoms with Crippen molar-refractivity contribution < 1.29 is 8.42 Å². The highest BCUT2D eigenvalue weighted by Gasteiger charge is 2.22. The molecule has 0 fully saturated rings. The summed E-state index contributed by atoms with van der Waals surface area (Å²) in [6.07, 6.45) is 0.838. The third-order valence-electron chi connectivity index (χ3n) is 4.43. The van der Waals surface area contributed by atoms with Crippen LogP contribution in [-0.2, 0) is 23.0 Å². The lowest BCUT2D eigenvalue weighted by molar-refractivity contribution is 0.410. The average molecular weight is 438 g/mol. The first-order valence-corrected chi connectivity index (χ1v) is 12.1. The van der Waals surface area contributed by atoms with Crippen LogP contribution in [-0.4, -0.2) is 49.8 Å². The lowest BCUT2D eigenvalue weighted by atomic mass is 10.2. The average Bonchev–Trinajstić information content (AvgIpc) is 3.10. The van der Waals surface area contributed by atoms with E-state index >= 15 is 0 Å². The predicted octanol–water partition coefficient (Wildman–Crippen LogP) is 2.78. The van der Waals surface area contributed by atoms with Gasteiger partial charge in [-0.15, -0.1) is 11.3 Å². The molecule has 0 spiro atoms. The van der Waals surface area contributed by atoms with E-state index in [-0.39, 0.29) is 6.04 Å². The van der Waals surface area contributed by atoms with Crippen LogP contribution in [0.1, 0.15) is 37.0 Å². The van der Waals surface area contributed by atoms with Gasteiger partial charge in [0.2, 0.25) is 10.0 Å². The van der Waals surface area contributed by atoms with Crippen molar-refractivity contribution in [3.63, 3.8) is 0 Å². The van der Waals surface area contributed by atoms with Crippen molar-refractivity contribution >= 4 is 27.3 Å². The highest BCUT2D eigenvalue weighted by molar-refractivity contribution is 7.89. The maximum atomic E-state index is 12.5. The van der Waals surface area contributed by atoms with Crippen LogP contribution in [0.2, 0.25) is 0 Å². The van der Waals surface area contributed by atoms with Crippen molar-refractivity contribution in [2.24, 2.45) is 4.99 Å². The summed E-state index contributed by atoms with van der Waals surface area (Å²) < 4.78 is 26.5. The second-order valence-corrected chi connectivity index (χ2v) is 10.0. The SMILES string of the molecule is CCNC(=NCc1ccc(S(=O)(=O)N(C)C(C)C)cc1)NCCc1csc(C)n1. The fourth-order valence-electron chi connectivity index (χ4n) is 2.55. The summed E-state index contributed by atoms with van der Waals surface area (Å²) in [5.41, 5.74) is 2.03. The van der Waals surface area contributed by atoms with Crippen molar-refractivity contribution in [1.29, 1.82) is 0 Å². The molecule has 0 bridgehead atoms. The van der Waals surface area contributed by atoms with E-state index in [9.17, 15) is 8.42 Å². The predicted molar refractivity (Wildman–Crippen MR) is 120 cm³/mol. The molecule has 7 nitrogen and oxygen atoms in total. The molecule has 0 aliphatic rings. The summed E-state index contributed by atoms with van der Waals surface area (Å²) in [7, 11) is -1.87. The Balaban J connectivity index is 1.97. The molecule has 2 N–H and O–H groups in total. The minimum atomic E-state index is -3.46. The van der Waals surface area contributed by atoms with Crippen LogP contribution in [0.25, 0.3) is 0 Å². The van der Waals surface area contributed by atoms with Gasteiger partial charge in [0.1, 0.15) is 0 Å². The molecule has 0 aliphatic heterocycles. The van der Waals surface area contributed by atoms with Gasteiger partial charge in [0.15, 0.2) is 5.96 Å². The van der Waals surface area contributed by atoms with E-state index < -0.39 is 10.0 Å². The van der Waals surface area contributed by atoms with Gasteiger partial charge in [-0.05, 0) is 45.4 Å². The van der Waals surface area contributed by atoms with Crippen molar-refractivity contribution in [3.8, 4) is 0 Å². The van der Waals surface area contributed by atoms with E-state index in [0.717, 1.165) is 41.7 Å². The van der Waals surface area contributed by atoms with Gasteiger partial charge in [-0.3, -0.25) is 0 Å². The Morgan fingerprint density at radius 2 is 1.93 bits per heavy atom. The molecular weight excluding hydrogens is 406 g/mol. The number of guanidine groups is 1. The summed E-state index contributed by atoms with van der Waals surface area (Å²) >= 11 is 1.66. The highest BCUT2D eigenvalue weighted by Crippen LogP contribution is 2.17. The Morgan fingerprint density at radius 3 is 2.48 bits per heavy atom. The second kappa shape index (κ2) is 10.7. The standard InChI is InChI=1S/C20H31N5O2S2/c1-6-21-20(22-12-11-18-14-28-16(4)24-18)23-13-17-7-9-19(10-8-17)29(26,27)25(5)15(2)3/h7-10,14-15H,6,11-13H2,1-5H3,(H2,21,22,23). The molecule has 0 unspecified atom stereocenters. The van der Waals surface area contributed by atoms with Crippen molar-refractivity contribution in [1.82, 2.24) is 19.9 Å². The Labute approximate surface area is 178 Å². The first-order valence-electron chi connectivity index (χ1n) is 9.74. The molecule has 2 rings (SSSR count). The molecule has 0 radical (unpaired) electrons. The van der Waals surface area contributed by atoms with Gasteiger partial charge in [0.05, 0.1) is 22.1 Å². The fraction of sp³-hybridized carbons (Fsp3) is 0.500. The number of hydrogen-bond acceptors (Lipinski definition) is 5. The molecule has 29 heavy (non-hydrogen) atoms. The Hall–Kier alpha value is -1.97. The van der Waals surface area contributed by atoms with Gasteiger partial charge < -0.3 is 10.6 Å². The van der Waals surface area contributed by atoms with Gasteiger partial charge in [0, 0.05) is 38.0 Å². The van der Waals surface area contributed by atoms with E-state index in [0.29, 0.717) is 11.4 Å². The smallest absolute Gasteiger partial charge is 0.243 e. The molecule has 9 heteroatoms. The molecule has 0 saturated carbocycles. The first kappa shape index (κ1) is 23.3. The fourth-order valence-corrected chi connectivity index (χ4v) is 4.57. The topological polar surface area (TPSA) is 86.7 Å². The zero-order valence-electron chi connectivity index (χ0n) is 17.8. The Morgan fingerprint density at radius 1 is 1.24 bits per heavy atom. The number of aromatic nitrogens is 1. The third-order valence-corrected chi connectivity index (χ3v) is 7.30. The number of nitrogens with zero attached hydrogens (tertiary/aromatic N) is 3. The zero-order chi connectivity index (χ0) is 21.4. The zero-order valence-corrected chi connectivity index (χ0v) is 19.4. The van der Waals surface area contributed by atoms with Crippen LogP contribution >= 0.6 is 11.3 Å². The summed E-state index contributed by atoms with van der Waals surface area (Å²) in [5, 5.41) is 9.69. The number of aryl methyl sites for hydroxylation is 1. The van der Waals surface area contributed by atoms with Crippen LogP contribution in [0.3, 0.4) is 0 Å². The molecule has 160 valence electrons. The Kier molecular flexibility index (Phi) is 8.60. The van der Waals surface area contributed by atoms with E-state index in [1.807, 2.05) is 39.8 Å². The van der Waals surface area contributed by atoms with Crippen LogP contribution in [0.15, 0.2) is 39.5 Å². The molecule has 0 aliphatic carbocycles. The van der Waals surface area contributed by atoms with Crippen LogP contribution in [0.5, 0.6) is 0 Å². The maximum absolute atomic E-state index is 12.5. The lowest BCUT2D eigenvalue weighted by Gasteiger charge is -2.21. The summed E-state index contributed by atoms with van der Waals surface area (Å²) in [6.45, 7) is 9.70. The third kappa shape index (κ3) is 6.80. The van der Waals surface area contributed by atoms with Crippen LogP contribution < -0.4 is 10.6 Å². The molecule has 0 saturated heterocycles. The minimum Gasteiger partial charge on any atom is -0.357 e. The lowest BCUT2D eigenvalue weighted by Crippen LogP contribution is -2.38. The van der Waals surface area contributed by atoms with Gasteiger partial charge in [0.25, 0.3) is 0 Å². The molecule has 2 aromatic rings. The summed E-state index contributed by atoms with van der Waals surface area (Å²) in [6, 6.07) is 6.82. The number of nitrogens with one attached hydrogen (secondary N) is 2. The largest absolute Gasteiger partial charge is 0.357 e. The molecule has 1 aromatic heterocycles. The molecule has 0 atom stereocenters. The summed E-state index contributed by atoms with van der Waals surface area (Å²) in [5.74, 6) is 0.732. The van der Waals surface area contributed by atoms with Crippen molar-refractivity contribution in [2.45, 2.75) is 51.6 Å². The molecule has 1 heterocycles. The number of sulfonamides is 1. The Bertz CT molecular complexity index is 905. The second-order valence-electron chi connectivity index (χ2n) is 6.99. The summed E-state index contributed by atoms with van der Waals surface area (Å²) in [4.78, 5) is 9.35. The van der Waals surface area contributed by atoms with Crippen molar-refractivity contribution in [3.05, 3.63) is 45.9 Å². The van der Waals surface area contributed by atoms with Gasteiger partial charge in [-0.1, -0.05) is 12.1 Å². The van der Waals surface area contributed by atoms with E-state index in [1.165, 1.54) is 4.31 Å².